The third-order valence-electron chi connectivity index (χ3n) is 2.25. The summed E-state index contributed by atoms with van der Waals surface area (Å²) in [5, 5.41) is 0. The van der Waals surface area contributed by atoms with E-state index >= 15 is 0 Å². The Morgan fingerprint density at radius 2 is 2.41 bits per heavy atom. The average Bonchev–Trinajstić information content (AvgIpc) is 2.76. The minimum atomic E-state index is -0.199. The predicted octanol–water partition coefficient (Wildman–Crippen LogP) is 0.330. The van der Waals surface area contributed by atoms with Gasteiger partial charge in [-0.15, -0.1) is 0 Å². The lowest BCUT2D eigenvalue weighted by Gasteiger charge is -2.05. The molecule has 0 saturated heterocycles. The Bertz CT molecular complexity index is 509. The van der Waals surface area contributed by atoms with Crippen LogP contribution in [0.2, 0.25) is 0 Å². The fourth-order valence-electron chi connectivity index (χ4n) is 1.51. The highest BCUT2D eigenvalue weighted by atomic mass is 16.5. The van der Waals surface area contributed by atoms with Crippen molar-refractivity contribution in [3.8, 4) is 0 Å². The van der Waals surface area contributed by atoms with E-state index in [0.717, 1.165) is 16.6 Å². The molecular weight excluding hydrogens is 220 g/mol. The van der Waals surface area contributed by atoms with Crippen molar-refractivity contribution >= 4 is 16.9 Å². The van der Waals surface area contributed by atoms with Gasteiger partial charge in [-0.25, -0.2) is 10.4 Å². The second-order valence-electron chi connectivity index (χ2n) is 3.55. The second kappa shape index (κ2) is 5.42. The molecule has 0 aliphatic heterocycles. The second-order valence-corrected chi connectivity index (χ2v) is 3.55. The lowest BCUT2D eigenvalue weighted by atomic mass is 10.2. The van der Waals surface area contributed by atoms with Crippen molar-refractivity contribution in [2.45, 2.75) is 6.61 Å². The van der Waals surface area contributed by atoms with Crippen LogP contribution in [0.3, 0.4) is 0 Å². The van der Waals surface area contributed by atoms with Gasteiger partial charge in [0.2, 0.25) is 0 Å². The van der Waals surface area contributed by atoms with Crippen molar-refractivity contribution in [3.63, 3.8) is 0 Å². The number of carbonyl (C=O) groups is 1. The van der Waals surface area contributed by atoms with Crippen molar-refractivity contribution in [1.29, 1.82) is 0 Å². The number of aromatic amines is 1. The van der Waals surface area contributed by atoms with E-state index in [1.54, 1.807) is 13.4 Å². The molecule has 1 amide bonds. The molecule has 1 heterocycles. The molecule has 0 radical (unpaired) electrons. The minimum Gasteiger partial charge on any atom is -0.367 e. The SMILES string of the molecule is CNNC(=O)COCc1ccc2nc[nH]c2c1. The van der Waals surface area contributed by atoms with Crippen LogP contribution < -0.4 is 10.9 Å². The Morgan fingerprint density at radius 3 is 3.24 bits per heavy atom. The zero-order chi connectivity index (χ0) is 12.1. The largest absolute Gasteiger partial charge is 0.367 e. The maximum absolute atomic E-state index is 11.1. The van der Waals surface area contributed by atoms with Crippen LogP contribution in [0.4, 0.5) is 0 Å². The number of rotatable bonds is 5. The van der Waals surface area contributed by atoms with E-state index in [2.05, 4.69) is 20.8 Å². The number of hydrazine groups is 1. The van der Waals surface area contributed by atoms with E-state index in [4.69, 9.17) is 4.74 Å². The molecule has 2 aromatic rings. The van der Waals surface area contributed by atoms with Gasteiger partial charge in [0.25, 0.3) is 5.91 Å². The zero-order valence-electron chi connectivity index (χ0n) is 9.49. The molecule has 3 N–H and O–H groups in total. The number of amides is 1. The number of nitrogens with one attached hydrogen (secondary N) is 3. The van der Waals surface area contributed by atoms with E-state index in [9.17, 15) is 4.79 Å². The minimum absolute atomic E-state index is 0.0296. The van der Waals surface area contributed by atoms with Crippen LogP contribution >= 0.6 is 0 Å². The number of H-pyrrole nitrogens is 1. The predicted molar refractivity (Wildman–Crippen MR) is 63.0 cm³/mol. The third-order valence-corrected chi connectivity index (χ3v) is 2.25. The molecule has 1 aromatic carbocycles. The van der Waals surface area contributed by atoms with Crippen LogP contribution in [0.25, 0.3) is 11.0 Å². The molecule has 90 valence electrons. The van der Waals surface area contributed by atoms with Crippen LogP contribution in [0.15, 0.2) is 24.5 Å². The highest BCUT2D eigenvalue weighted by Crippen LogP contribution is 2.12. The van der Waals surface area contributed by atoms with Gasteiger partial charge in [-0.05, 0) is 17.7 Å². The number of nitrogens with zero attached hydrogens (tertiary/aromatic N) is 1. The number of benzene rings is 1. The molecule has 0 saturated carbocycles. The summed E-state index contributed by atoms with van der Waals surface area (Å²) in [5.74, 6) is -0.199. The molecule has 17 heavy (non-hydrogen) atoms. The molecule has 0 spiro atoms. The summed E-state index contributed by atoms with van der Waals surface area (Å²) in [6.07, 6.45) is 1.65. The molecule has 0 atom stereocenters. The first kappa shape index (κ1) is 11.6. The molecule has 1 aromatic heterocycles. The number of carbonyl (C=O) groups excluding carboxylic acids is 1. The fraction of sp³-hybridized carbons (Fsp3) is 0.273. The Morgan fingerprint density at radius 1 is 1.53 bits per heavy atom. The van der Waals surface area contributed by atoms with Crippen LogP contribution in [-0.2, 0) is 16.1 Å². The van der Waals surface area contributed by atoms with Gasteiger partial charge in [0.05, 0.1) is 24.0 Å². The van der Waals surface area contributed by atoms with Gasteiger partial charge in [-0.1, -0.05) is 6.07 Å². The fourth-order valence-corrected chi connectivity index (χ4v) is 1.51. The van der Waals surface area contributed by atoms with Crippen molar-refractivity contribution in [2.24, 2.45) is 0 Å². The van der Waals surface area contributed by atoms with E-state index in [-0.39, 0.29) is 12.5 Å². The number of hydrogen-bond acceptors (Lipinski definition) is 4. The van der Waals surface area contributed by atoms with Gasteiger partial charge in [-0.2, -0.15) is 0 Å². The lowest BCUT2D eigenvalue weighted by Crippen LogP contribution is -2.36. The topological polar surface area (TPSA) is 79.0 Å². The number of imidazole rings is 1. The van der Waals surface area contributed by atoms with Crippen LogP contribution in [0.5, 0.6) is 0 Å². The van der Waals surface area contributed by atoms with E-state index in [0.29, 0.717) is 6.61 Å². The summed E-state index contributed by atoms with van der Waals surface area (Å²) >= 11 is 0. The smallest absolute Gasteiger partial charge is 0.260 e. The summed E-state index contributed by atoms with van der Waals surface area (Å²) in [5.41, 5.74) is 7.85. The summed E-state index contributed by atoms with van der Waals surface area (Å²) in [4.78, 5) is 18.2. The van der Waals surface area contributed by atoms with Crippen LogP contribution in [-0.4, -0.2) is 29.5 Å². The standard InChI is InChI=1S/C11H14N4O2/c1-12-15-11(16)6-17-5-8-2-3-9-10(4-8)14-7-13-9/h2-4,7,12H,5-6H2,1H3,(H,13,14)(H,15,16). The third kappa shape index (κ3) is 3.02. The molecule has 0 aliphatic carbocycles. The maximum Gasteiger partial charge on any atom is 0.260 e. The van der Waals surface area contributed by atoms with Gasteiger partial charge in [0, 0.05) is 7.05 Å². The molecule has 0 bridgehead atoms. The van der Waals surface area contributed by atoms with Crippen molar-refractivity contribution < 1.29 is 9.53 Å². The molecule has 6 nitrogen and oxygen atoms in total. The van der Waals surface area contributed by atoms with Crippen molar-refractivity contribution in [3.05, 3.63) is 30.1 Å². The summed E-state index contributed by atoms with van der Waals surface area (Å²) < 4.78 is 5.27. The zero-order valence-corrected chi connectivity index (χ0v) is 9.49. The van der Waals surface area contributed by atoms with Gasteiger partial charge in [-0.3, -0.25) is 10.2 Å². The molecule has 0 aliphatic rings. The molecule has 6 heteroatoms. The number of hydrogen-bond donors (Lipinski definition) is 3. The van der Waals surface area contributed by atoms with Gasteiger partial charge in [0.15, 0.2) is 0 Å². The van der Waals surface area contributed by atoms with E-state index < -0.39 is 0 Å². The Hall–Kier alpha value is -1.92. The van der Waals surface area contributed by atoms with Crippen molar-refractivity contribution in [1.82, 2.24) is 20.8 Å². The summed E-state index contributed by atoms with van der Waals surface area (Å²) in [7, 11) is 1.63. The number of fused-ring (bicyclic) bond motifs is 1. The van der Waals surface area contributed by atoms with E-state index in [1.807, 2.05) is 18.2 Å². The first-order valence-electron chi connectivity index (χ1n) is 5.25. The van der Waals surface area contributed by atoms with Gasteiger partial charge in [0.1, 0.15) is 6.61 Å². The molecule has 2 rings (SSSR count). The lowest BCUT2D eigenvalue weighted by molar-refractivity contribution is -0.126. The Labute approximate surface area is 98.3 Å². The first-order valence-corrected chi connectivity index (χ1v) is 5.25. The quantitative estimate of drug-likeness (QED) is 0.651. The van der Waals surface area contributed by atoms with Crippen molar-refractivity contribution in [2.75, 3.05) is 13.7 Å². The summed E-state index contributed by atoms with van der Waals surface area (Å²) in [6, 6.07) is 5.80. The van der Waals surface area contributed by atoms with Gasteiger partial charge < -0.3 is 9.72 Å². The normalized spacial score (nSPS) is 10.6. The monoisotopic (exact) mass is 234 g/mol. The van der Waals surface area contributed by atoms with E-state index in [1.165, 1.54) is 0 Å². The van der Waals surface area contributed by atoms with Crippen LogP contribution in [0, 0.1) is 0 Å². The Kier molecular flexibility index (Phi) is 3.69. The molecular formula is C11H14N4O2. The number of ether oxygens (including phenoxy) is 1. The maximum atomic E-state index is 11.1. The Balaban J connectivity index is 1.88. The van der Waals surface area contributed by atoms with Gasteiger partial charge >= 0.3 is 0 Å². The highest BCUT2D eigenvalue weighted by Gasteiger charge is 2.01. The average molecular weight is 234 g/mol. The molecule has 0 unspecified atom stereocenters. The first-order chi connectivity index (χ1) is 8.29. The van der Waals surface area contributed by atoms with Crippen LogP contribution in [0.1, 0.15) is 5.56 Å². The highest BCUT2D eigenvalue weighted by molar-refractivity contribution is 5.76. The molecule has 0 fully saturated rings. The number of aromatic nitrogens is 2. The summed E-state index contributed by atoms with van der Waals surface area (Å²) in [6.45, 7) is 0.425.